The molecule has 2 rings (SSSR count). The Kier molecular flexibility index (Phi) is 5.19. The van der Waals surface area contributed by atoms with Crippen LogP contribution in [0.25, 0.3) is 0 Å². The minimum Gasteiger partial charge on any atom is -0.480 e. The van der Waals surface area contributed by atoms with Gasteiger partial charge in [-0.2, -0.15) is 0 Å². The molecule has 0 aromatic heterocycles. The summed E-state index contributed by atoms with van der Waals surface area (Å²) in [7, 11) is 0. The molecular formula is C14H18BrN3O3. The second-order valence-corrected chi connectivity index (χ2v) is 5.89. The summed E-state index contributed by atoms with van der Waals surface area (Å²) in [6.45, 7) is 2.36. The molecule has 1 unspecified atom stereocenters. The Bertz CT molecular complexity index is 546. The van der Waals surface area contributed by atoms with Crippen molar-refractivity contribution in [3.63, 3.8) is 0 Å². The minimum absolute atomic E-state index is 0.539. The lowest BCUT2D eigenvalue weighted by Crippen LogP contribution is -2.42. The molecule has 0 aliphatic heterocycles. The predicted molar refractivity (Wildman–Crippen MR) is 81.8 cm³/mol. The molecule has 1 atom stereocenters. The zero-order valence-corrected chi connectivity index (χ0v) is 13.3. The lowest BCUT2D eigenvalue weighted by molar-refractivity contribution is -0.126. The summed E-state index contributed by atoms with van der Waals surface area (Å²) in [5, 5.41) is 5.41. The van der Waals surface area contributed by atoms with E-state index in [0.717, 1.165) is 16.6 Å². The molecule has 1 aliphatic carbocycles. The van der Waals surface area contributed by atoms with Crippen molar-refractivity contribution >= 4 is 27.9 Å². The maximum atomic E-state index is 11.6. The summed E-state index contributed by atoms with van der Waals surface area (Å²) in [4.78, 5) is 22.2. The van der Waals surface area contributed by atoms with Gasteiger partial charge in [0.05, 0.1) is 4.47 Å². The number of amides is 3. The van der Waals surface area contributed by atoms with Gasteiger partial charge >= 0.3 is 6.03 Å². The fourth-order valence-corrected chi connectivity index (χ4v) is 2.29. The van der Waals surface area contributed by atoms with Crippen LogP contribution in [0.4, 0.5) is 4.79 Å². The third-order valence-electron chi connectivity index (χ3n) is 3.09. The van der Waals surface area contributed by atoms with Crippen molar-refractivity contribution in [2.75, 3.05) is 0 Å². The predicted octanol–water partition coefficient (Wildman–Crippen LogP) is 1.66. The van der Waals surface area contributed by atoms with Crippen LogP contribution in [0.15, 0.2) is 22.7 Å². The molecule has 0 bridgehead atoms. The molecule has 1 aliphatic rings. The van der Waals surface area contributed by atoms with Gasteiger partial charge in [-0.15, -0.1) is 0 Å². The molecular weight excluding hydrogens is 338 g/mol. The van der Waals surface area contributed by atoms with Crippen LogP contribution in [-0.2, 0) is 11.3 Å². The first kappa shape index (κ1) is 15.8. The van der Waals surface area contributed by atoms with Gasteiger partial charge in [0, 0.05) is 12.6 Å². The van der Waals surface area contributed by atoms with E-state index in [4.69, 9.17) is 10.5 Å². The van der Waals surface area contributed by atoms with Gasteiger partial charge in [0.1, 0.15) is 5.75 Å². The average molecular weight is 356 g/mol. The highest BCUT2D eigenvalue weighted by Crippen LogP contribution is 2.27. The summed E-state index contributed by atoms with van der Waals surface area (Å²) >= 11 is 3.42. The first-order chi connectivity index (χ1) is 9.95. The van der Waals surface area contributed by atoms with E-state index in [9.17, 15) is 9.59 Å². The highest BCUT2D eigenvalue weighted by Gasteiger charge is 2.20. The Balaban J connectivity index is 1.92. The number of hydrogen-bond donors (Lipinski definition) is 3. The fourth-order valence-electron chi connectivity index (χ4n) is 1.77. The van der Waals surface area contributed by atoms with Gasteiger partial charge in [-0.3, -0.25) is 10.1 Å². The topological polar surface area (TPSA) is 93.4 Å². The molecule has 1 saturated carbocycles. The normalized spacial score (nSPS) is 15.3. The minimum atomic E-state index is -0.893. The van der Waals surface area contributed by atoms with E-state index in [1.54, 1.807) is 13.0 Å². The van der Waals surface area contributed by atoms with E-state index in [0.29, 0.717) is 11.8 Å². The summed E-state index contributed by atoms with van der Waals surface area (Å²) in [6.07, 6.45) is 1.67. The summed E-state index contributed by atoms with van der Waals surface area (Å²) in [5.74, 6) is -0.0360. The average Bonchev–Trinajstić information content (AvgIpc) is 3.22. The fraction of sp³-hybridized carbons (Fsp3) is 0.429. The first-order valence-corrected chi connectivity index (χ1v) is 7.54. The van der Waals surface area contributed by atoms with Crippen molar-refractivity contribution < 1.29 is 14.3 Å². The van der Waals surface area contributed by atoms with Crippen molar-refractivity contribution in [1.82, 2.24) is 10.6 Å². The summed E-state index contributed by atoms with van der Waals surface area (Å²) in [6, 6.07) is 5.44. The van der Waals surface area contributed by atoms with Crippen molar-refractivity contribution in [2.45, 2.75) is 38.5 Å². The second kappa shape index (κ2) is 6.91. The molecule has 0 heterocycles. The lowest BCUT2D eigenvalue weighted by Gasteiger charge is -2.15. The number of nitrogens with two attached hydrogens (primary N) is 1. The van der Waals surface area contributed by atoms with Crippen LogP contribution >= 0.6 is 15.9 Å². The Morgan fingerprint density at radius 1 is 1.48 bits per heavy atom. The Labute approximate surface area is 131 Å². The van der Waals surface area contributed by atoms with Crippen LogP contribution < -0.4 is 21.1 Å². The highest BCUT2D eigenvalue weighted by molar-refractivity contribution is 9.10. The number of imide groups is 1. The number of ether oxygens (including phenoxy) is 1. The number of carbonyl (C=O) groups excluding carboxylic acids is 2. The van der Waals surface area contributed by atoms with E-state index >= 15 is 0 Å². The van der Waals surface area contributed by atoms with Gasteiger partial charge in [-0.05, 0) is 53.4 Å². The van der Waals surface area contributed by atoms with Gasteiger partial charge in [0.2, 0.25) is 0 Å². The van der Waals surface area contributed by atoms with Crippen LogP contribution in [0.2, 0.25) is 0 Å². The Hall–Kier alpha value is -1.60. The van der Waals surface area contributed by atoms with E-state index in [-0.39, 0.29) is 0 Å². The standard InChI is InChI=1S/C14H18BrN3O3/c1-8(13(19)18-14(16)20)21-12-5-2-9(6-11(12)15)7-17-10-3-4-10/h2,5-6,8,10,17H,3-4,7H2,1H3,(H3,16,18,19,20). The Morgan fingerprint density at radius 2 is 2.19 bits per heavy atom. The zero-order chi connectivity index (χ0) is 15.4. The van der Waals surface area contributed by atoms with Crippen molar-refractivity contribution in [3.8, 4) is 5.75 Å². The van der Waals surface area contributed by atoms with E-state index < -0.39 is 18.0 Å². The second-order valence-electron chi connectivity index (χ2n) is 5.03. The van der Waals surface area contributed by atoms with Crippen LogP contribution in [0.3, 0.4) is 0 Å². The van der Waals surface area contributed by atoms with Crippen LogP contribution in [0.1, 0.15) is 25.3 Å². The summed E-state index contributed by atoms with van der Waals surface area (Å²) < 4.78 is 6.27. The van der Waals surface area contributed by atoms with Gasteiger partial charge in [-0.1, -0.05) is 6.07 Å². The number of rotatable bonds is 6. The quantitative estimate of drug-likeness (QED) is 0.723. The van der Waals surface area contributed by atoms with Crippen molar-refractivity contribution in [3.05, 3.63) is 28.2 Å². The largest absolute Gasteiger partial charge is 0.480 e. The lowest BCUT2D eigenvalue weighted by atomic mass is 10.2. The number of carbonyl (C=O) groups is 2. The van der Waals surface area contributed by atoms with Crippen LogP contribution in [0, 0.1) is 0 Å². The van der Waals surface area contributed by atoms with Gasteiger partial charge in [0.25, 0.3) is 5.91 Å². The van der Waals surface area contributed by atoms with E-state index in [1.807, 2.05) is 17.4 Å². The maximum absolute atomic E-state index is 11.6. The number of primary amides is 1. The molecule has 21 heavy (non-hydrogen) atoms. The number of nitrogens with one attached hydrogen (secondary N) is 2. The summed E-state index contributed by atoms with van der Waals surface area (Å²) in [5.41, 5.74) is 6.03. The smallest absolute Gasteiger partial charge is 0.318 e. The molecule has 1 aromatic carbocycles. The number of urea groups is 1. The molecule has 0 radical (unpaired) electrons. The first-order valence-electron chi connectivity index (χ1n) is 6.74. The maximum Gasteiger partial charge on any atom is 0.318 e. The van der Waals surface area contributed by atoms with E-state index in [1.165, 1.54) is 12.8 Å². The third kappa shape index (κ3) is 5.02. The molecule has 4 N–H and O–H groups in total. The number of hydrogen-bond acceptors (Lipinski definition) is 4. The van der Waals surface area contributed by atoms with E-state index in [2.05, 4.69) is 21.2 Å². The molecule has 0 spiro atoms. The molecule has 7 heteroatoms. The molecule has 114 valence electrons. The zero-order valence-electron chi connectivity index (χ0n) is 11.7. The molecule has 3 amide bonds. The molecule has 0 saturated heterocycles. The monoisotopic (exact) mass is 355 g/mol. The third-order valence-corrected chi connectivity index (χ3v) is 3.71. The Morgan fingerprint density at radius 3 is 2.76 bits per heavy atom. The SMILES string of the molecule is CC(Oc1ccc(CNC2CC2)cc1Br)C(=O)NC(N)=O. The van der Waals surface area contributed by atoms with Crippen molar-refractivity contribution in [2.24, 2.45) is 5.73 Å². The van der Waals surface area contributed by atoms with Gasteiger partial charge in [-0.25, -0.2) is 4.79 Å². The number of benzene rings is 1. The van der Waals surface area contributed by atoms with Crippen LogP contribution in [0.5, 0.6) is 5.75 Å². The number of halogens is 1. The molecule has 1 aromatic rings. The molecule has 1 fully saturated rings. The van der Waals surface area contributed by atoms with Crippen molar-refractivity contribution in [1.29, 1.82) is 0 Å². The molecule has 6 nitrogen and oxygen atoms in total. The highest BCUT2D eigenvalue weighted by atomic mass is 79.9. The van der Waals surface area contributed by atoms with Crippen LogP contribution in [-0.4, -0.2) is 24.1 Å². The van der Waals surface area contributed by atoms with Gasteiger partial charge < -0.3 is 15.8 Å². The van der Waals surface area contributed by atoms with Gasteiger partial charge in [0.15, 0.2) is 6.10 Å².